The van der Waals surface area contributed by atoms with Crippen molar-refractivity contribution in [3.63, 3.8) is 0 Å². The van der Waals surface area contributed by atoms with Crippen molar-refractivity contribution in [3.05, 3.63) is 77.6 Å². The van der Waals surface area contributed by atoms with Crippen molar-refractivity contribution >= 4 is 17.7 Å². The highest BCUT2D eigenvalue weighted by molar-refractivity contribution is 7.99. The van der Waals surface area contributed by atoms with Crippen LogP contribution in [0.2, 0.25) is 0 Å². The summed E-state index contributed by atoms with van der Waals surface area (Å²) in [5, 5.41) is 10.3. The summed E-state index contributed by atoms with van der Waals surface area (Å²) in [5.41, 5.74) is 3.09. The summed E-state index contributed by atoms with van der Waals surface area (Å²) in [6.07, 6.45) is 5.04. The van der Waals surface area contributed by atoms with E-state index in [1.807, 2.05) is 46.0 Å². The number of benzene rings is 2. The molecule has 2 aromatic carbocycles. The molecule has 0 spiro atoms. The number of thioether (sulfide) groups is 1. The molecule has 2 heterocycles. The van der Waals surface area contributed by atoms with Crippen molar-refractivity contribution in [3.8, 4) is 5.75 Å². The number of methoxy groups -OCH3 is 1. The quantitative estimate of drug-likeness (QED) is 0.484. The predicted molar refractivity (Wildman–Crippen MR) is 130 cm³/mol. The van der Waals surface area contributed by atoms with Crippen LogP contribution >= 0.6 is 11.8 Å². The Morgan fingerprint density at radius 2 is 1.82 bits per heavy atom. The molecule has 1 fully saturated rings. The number of carbonyl (C=O) groups excluding carboxylic acids is 1. The number of ether oxygens (including phenoxy) is 1. The number of carbonyl (C=O) groups is 1. The lowest BCUT2D eigenvalue weighted by Gasteiger charge is -2.32. The second-order valence-corrected chi connectivity index (χ2v) is 9.39. The van der Waals surface area contributed by atoms with Crippen LogP contribution in [0.3, 0.4) is 0 Å². The topological polar surface area (TPSA) is 67.6 Å². The summed E-state index contributed by atoms with van der Waals surface area (Å²) < 4.78 is 7.22. The Balaban J connectivity index is 1.30. The number of aliphatic hydroxyl groups excluding tert-OH is 1. The fourth-order valence-corrected chi connectivity index (χ4v) is 5.13. The largest absolute Gasteiger partial charge is 0.497 e. The van der Waals surface area contributed by atoms with Crippen LogP contribution in [0, 0.1) is 5.92 Å². The maximum Gasteiger partial charge on any atom is 0.233 e. The molecular formula is C26H31N3O3S. The summed E-state index contributed by atoms with van der Waals surface area (Å²) in [6.45, 7) is 2.14. The smallest absolute Gasteiger partial charge is 0.233 e. The van der Waals surface area contributed by atoms with Crippen LogP contribution in [0.5, 0.6) is 5.75 Å². The van der Waals surface area contributed by atoms with Gasteiger partial charge in [-0.3, -0.25) is 4.79 Å². The second-order valence-electron chi connectivity index (χ2n) is 8.45. The van der Waals surface area contributed by atoms with Crippen molar-refractivity contribution in [1.82, 2.24) is 14.5 Å². The Hall–Kier alpha value is -2.77. The molecule has 1 aliphatic heterocycles. The average molecular weight is 466 g/mol. The highest BCUT2D eigenvalue weighted by atomic mass is 32.2. The molecule has 0 unspecified atom stereocenters. The standard InChI is InChI=1S/C26H31N3O3S/c1-32-24-9-7-22(8-10-24)16-29-17-23(18-30)27-26(29)33-19-25(31)28-13-11-21(12-14-28)15-20-5-3-2-4-6-20/h2-10,17,21,30H,11-16,18-19H2,1H3. The van der Waals surface area contributed by atoms with Gasteiger partial charge < -0.3 is 19.3 Å². The molecule has 33 heavy (non-hydrogen) atoms. The van der Waals surface area contributed by atoms with Crippen molar-refractivity contribution in [2.75, 3.05) is 26.0 Å². The fourth-order valence-electron chi connectivity index (χ4n) is 4.23. The van der Waals surface area contributed by atoms with Gasteiger partial charge in [0.2, 0.25) is 5.91 Å². The molecule has 3 aromatic rings. The maximum absolute atomic E-state index is 12.9. The molecule has 6 nitrogen and oxygen atoms in total. The van der Waals surface area contributed by atoms with Crippen LogP contribution in [0.15, 0.2) is 66.0 Å². The van der Waals surface area contributed by atoms with E-state index in [1.165, 1.54) is 17.3 Å². The number of aliphatic hydroxyl groups is 1. The minimum absolute atomic E-state index is 0.119. The second kappa shape index (κ2) is 11.4. The fraction of sp³-hybridized carbons (Fsp3) is 0.385. The van der Waals surface area contributed by atoms with Crippen LogP contribution < -0.4 is 4.74 Å². The lowest BCUT2D eigenvalue weighted by molar-refractivity contribution is -0.129. The summed E-state index contributed by atoms with van der Waals surface area (Å²) in [5.74, 6) is 1.96. The molecule has 0 atom stereocenters. The van der Waals surface area contributed by atoms with E-state index in [-0.39, 0.29) is 12.5 Å². The van der Waals surface area contributed by atoms with Gasteiger partial charge >= 0.3 is 0 Å². The highest BCUT2D eigenvalue weighted by Crippen LogP contribution is 2.24. The van der Waals surface area contributed by atoms with Gasteiger partial charge in [-0.25, -0.2) is 4.98 Å². The number of hydrogen-bond acceptors (Lipinski definition) is 5. The summed E-state index contributed by atoms with van der Waals surface area (Å²) in [4.78, 5) is 19.4. The summed E-state index contributed by atoms with van der Waals surface area (Å²) in [6, 6.07) is 18.5. The lowest BCUT2D eigenvalue weighted by atomic mass is 9.90. The molecule has 1 aromatic heterocycles. The Labute approximate surface area is 199 Å². The minimum Gasteiger partial charge on any atom is -0.497 e. The monoisotopic (exact) mass is 465 g/mol. The van der Waals surface area contributed by atoms with Crippen LogP contribution in [0.25, 0.3) is 0 Å². The van der Waals surface area contributed by atoms with Gasteiger partial charge in [0.1, 0.15) is 5.75 Å². The van der Waals surface area contributed by atoms with Crippen molar-refractivity contribution in [2.24, 2.45) is 5.92 Å². The Morgan fingerprint density at radius 3 is 2.48 bits per heavy atom. The number of rotatable bonds is 9. The van der Waals surface area contributed by atoms with Gasteiger partial charge in [0.05, 0.1) is 25.2 Å². The van der Waals surface area contributed by atoms with E-state index in [0.717, 1.165) is 48.8 Å². The molecule has 0 saturated carbocycles. The van der Waals surface area contributed by atoms with E-state index in [0.29, 0.717) is 23.9 Å². The van der Waals surface area contributed by atoms with Gasteiger partial charge in [-0.15, -0.1) is 0 Å². The molecule has 1 saturated heterocycles. The van der Waals surface area contributed by atoms with Gasteiger partial charge in [0.25, 0.3) is 0 Å². The first-order valence-electron chi connectivity index (χ1n) is 11.4. The van der Waals surface area contributed by atoms with E-state index >= 15 is 0 Å². The first-order valence-corrected chi connectivity index (χ1v) is 12.4. The van der Waals surface area contributed by atoms with Crippen molar-refractivity contribution < 1.29 is 14.6 Å². The van der Waals surface area contributed by atoms with Gasteiger partial charge in [0, 0.05) is 25.8 Å². The molecule has 4 rings (SSSR count). The number of amides is 1. The molecule has 1 N–H and O–H groups in total. The molecular weight excluding hydrogens is 434 g/mol. The molecule has 1 amide bonds. The maximum atomic E-state index is 12.9. The normalized spacial score (nSPS) is 14.4. The zero-order valence-electron chi connectivity index (χ0n) is 19.0. The van der Waals surface area contributed by atoms with E-state index < -0.39 is 0 Å². The number of likely N-dealkylation sites (tertiary alicyclic amines) is 1. The van der Waals surface area contributed by atoms with Gasteiger partial charge in [-0.2, -0.15) is 0 Å². The Bertz CT molecular complexity index is 1030. The predicted octanol–water partition coefficient (Wildman–Crippen LogP) is 4.01. The number of aromatic nitrogens is 2. The number of nitrogens with zero attached hydrogens (tertiary/aromatic N) is 3. The minimum atomic E-state index is -0.119. The summed E-state index contributed by atoms with van der Waals surface area (Å²) in [7, 11) is 1.65. The first kappa shape index (κ1) is 23.4. The Kier molecular flexibility index (Phi) is 8.07. The van der Waals surface area contributed by atoms with E-state index in [1.54, 1.807) is 7.11 Å². The van der Waals surface area contributed by atoms with Gasteiger partial charge in [0.15, 0.2) is 5.16 Å². The van der Waals surface area contributed by atoms with E-state index in [4.69, 9.17) is 4.74 Å². The molecule has 7 heteroatoms. The van der Waals surface area contributed by atoms with Crippen LogP contribution in [0.1, 0.15) is 29.7 Å². The van der Waals surface area contributed by atoms with Crippen LogP contribution in [-0.2, 0) is 24.4 Å². The Morgan fingerprint density at radius 1 is 1.09 bits per heavy atom. The molecule has 0 radical (unpaired) electrons. The molecule has 174 valence electrons. The van der Waals surface area contributed by atoms with Gasteiger partial charge in [-0.1, -0.05) is 54.2 Å². The summed E-state index contributed by atoms with van der Waals surface area (Å²) >= 11 is 1.44. The SMILES string of the molecule is COc1ccc(Cn2cc(CO)nc2SCC(=O)N2CCC(Cc3ccccc3)CC2)cc1. The van der Waals surface area contributed by atoms with E-state index in [9.17, 15) is 9.90 Å². The van der Waals surface area contributed by atoms with E-state index in [2.05, 4.69) is 29.2 Å². The zero-order chi connectivity index (χ0) is 23.0. The molecule has 1 aliphatic rings. The number of hydrogen-bond donors (Lipinski definition) is 1. The van der Waals surface area contributed by atoms with Crippen LogP contribution in [-0.4, -0.2) is 51.4 Å². The third-order valence-corrected chi connectivity index (χ3v) is 7.10. The molecule has 0 aliphatic carbocycles. The van der Waals surface area contributed by atoms with Crippen molar-refractivity contribution in [1.29, 1.82) is 0 Å². The van der Waals surface area contributed by atoms with Crippen molar-refractivity contribution in [2.45, 2.75) is 37.6 Å². The van der Waals surface area contributed by atoms with Crippen LogP contribution in [0.4, 0.5) is 0 Å². The number of imidazole rings is 1. The average Bonchev–Trinajstić information content (AvgIpc) is 3.26. The lowest BCUT2D eigenvalue weighted by Crippen LogP contribution is -2.39. The number of piperidine rings is 1. The highest BCUT2D eigenvalue weighted by Gasteiger charge is 2.23. The van der Waals surface area contributed by atoms with Gasteiger partial charge in [-0.05, 0) is 48.4 Å². The molecule has 0 bridgehead atoms. The first-order chi connectivity index (χ1) is 16.1. The third kappa shape index (κ3) is 6.39. The zero-order valence-corrected chi connectivity index (χ0v) is 19.8. The third-order valence-electron chi connectivity index (χ3n) is 6.12.